The Hall–Kier alpha value is -0.530. The van der Waals surface area contributed by atoms with Crippen LogP contribution in [0.15, 0.2) is 0 Å². The number of halogens is 4. The molecule has 0 aromatic rings. The summed E-state index contributed by atoms with van der Waals surface area (Å²) in [6, 6.07) is 0. The number of nitrogens with two attached hydrogens (primary N) is 1. The standard InChI is InChI=1S/C9H15F3N2O2.ClH/c10-9(11,12)6(15)5-14-7(16)8(13)3-1-2-4-8;/h6,15H,1-5,13H2,(H,14,16);1H. The van der Waals surface area contributed by atoms with E-state index in [2.05, 4.69) is 0 Å². The molecule has 17 heavy (non-hydrogen) atoms. The van der Waals surface area contributed by atoms with E-state index in [1.54, 1.807) is 0 Å². The molecule has 4 nitrogen and oxygen atoms in total. The van der Waals surface area contributed by atoms with Gasteiger partial charge in [0.05, 0.1) is 12.1 Å². The fraction of sp³-hybridized carbons (Fsp3) is 0.889. The molecule has 0 spiro atoms. The first kappa shape index (κ1) is 16.5. The molecule has 1 amide bonds. The Kier molecular flexibility index (Phi) is 5.70. The highest BCUT2D eigenvalue weighted by atomic mass is 35.5. The molecule has 0 aromatic carbocycles. The average Bonchev–Trinajstić information content (AvgIpc) is 2.60. The molecule has 8 heteroatoms. The van der Waals surface area contributed by atoms with Gasteiger partial charge in [-0.05, 0) is 12.8 Å². The molecule has 0 heterocycles. The average molecular weight is 277 g/mol. The second-order valence-corrected chi connectivity index (χ2v) is 4.13. The highest BCUT2D eigenvalue weighted by Gasteiger charge is 2.41. The van der Waals surface area contributed by atoms with Crippen molar-refractivity contribution < 1.29 is 23.1 Å². The number of nitrogens with one attached hydrogen (secondary N) is 1. The lowest BCUT2D eigenvalue weighted by atomic mass is 9.98. The molecule has 1 saturated carbocycles. The topological polar surface area (TPSA) is 75.4 Å². The number of aliphatic hydroxyl groups is 1. The predicted octanol–water partition coefficient (Wildman–Crippen LogP) is 0.719. The lowest BCUT2D eigenvalue weighted by molar-refractivity contribution is -0.202. The molecule has 1 aliphatic rings. The predicted molar refractivity (Wildman–Crippen MR) is 57.7 cm³/mol. The van der Waals surface area contributed by atoms with Crippen LogP contribution < -0.4 is 11.1 Å². The van der Waals surface area contributed by atoms with Gasteiger partial charge in [0.2, 0.25) is 5.91 Å². The van der Waals surface area contributed by atoms with Gasteiger partial charge in [0, 0.05) is 0 Å². The lowest BCUT2D eigenvalue weighted by Crippen LogP contribution is -2.54. The van der Waals surface area contributed by atoms with Crippen molar-refractivity contribution in [1.29, 1.82) is 0 Å². The molecule has 1 aliphatic carbocycles. The van der Waals surface area contributed by atoms with Crippen LogP contribution >= 0.6 is 12.4 Å². The van der Waals surface area contributed by atoms with E-state index in [-0.39, 0.29) is 12.4 Å². The van der Waals surface area contributed by atoms with Gasteiger partial charge in [0.25, 0.3) is 0 Å². The van der Waals surface area contributed by atoms with Crippen LogP contribution in [0, 0.1) is 0 Å². The van der Waals surface area contributed by atoms with E-state index in [0.29, 0.717) is 12.8 Å². The van der Waals surface area contributed by atoms with Gasteiger partial charge in [-0.25, -0.2) is 0 Å². The Morgan fingerprint density at radius 1 is 1.41 bits per heavy atom. The van der Waals surface area contributed by atoms with Gasteiger partial charge in [-0.1, -0.05) is 12.8 Å². The van der Waals surface area contributed by atoms with E-state index < -0.39 is 30.3 Å². The number of carbonyl (C=O) groups excluding carboxylic acids is 1. The molecular formula is C9H16ClF3N2O2. The fourth-order valence-electron chi connectivity index (χ4n) is 1.71. The normalized spacial score (nSPS) is 20.5. The molecule has 0 radical (unpaired) electrons. The minimum absolute atomic E-state index is 0. The molecule has 0 saturated heterocycles. The maximum Gasteiger partial charge on any atom is 0.416 e. The second-order valence-electron chi connectivity index (χ2n) is 4.13. The van der Waals surface area contributed by atoms with Gasteiger partial charge in [0.1, 0.15) is 0 Å². The smallest absolute Gasteiger partial charge is 0.382 e. The molecule has 1 unspecified atom stereocenters. The third kappa shape index (κ3) is 4.33. The third-order valence-electron chi connectivity index (χ3n) is 2.78. The quantitative estimate of drug-likeness (QED) is 0.711. The van der Waals surface area contributed by atoms with E-state index >= 15 is 0 Å². The highest BCUT2D eigenvalue weighted by molar-refractivity contribution is 5.86. The minimum Gasteiger partial charge on any atom is -0.382 e. The molecule has 4 N–H and O–H groups in total. The number of hydrogen-bond donors (Lipinski definition) is 3. The van der Waals surface area contributed by atoms with E-state index in [1.807, 2.05) is 5.32 Å². The summed E-state index contributed by atoms with van der Waals surface area (Å²) >= 11 is 0. The van der Waals surface area contributed by atoms with Crippen LogP contribution in [0.25, 0.3) is 0 Å². The fourth-order valence-corrected chi connectivity index (χ4v) is 1.71. The van der Waals surface area contributed by atoms with Crippen LogP contribution in [0.1, 0.15) is 25.7 Å². The van der Waals surface area contributed by atoms with Gasteiger partial charge < -0.3 is 16.2 Å². The van der Waals surface area contributed by atoms with Gasteiger partial charge >= 0.3 is 6.18 Å². The Morgan fingerprint density at radius 2 is 1.88 bits per heavy atom. The maximum atomic E-state index is 11.9. The number of aliphatic hydroxyl groups excluding tert-OH is 1. The summed E-state index contributed by atoms with van der Waals surface area (Å²) in [6.45, 7) is -0.846. The van der Waals surface area contributed by atoms with Crippen LogP contribution in [0.3, 0.4) is 0 Å². The Bertz CT molecular complexity index is 267. The number of rotatable bonds is 3. The summed E-state index contributed by atoms with van der Waals surface area (Å²) < 4.78 is 35.8. The van der Waals surface area contributed by atoms with Crippen molar-refractivity contribution >= 4 is 18.3 Å². The van der Waals surface area contributed by atoms with Crippen molar-refractivity contribution in [3.63, 3.8) is 0 Å². The monoisotopic (exact) mass is 276 g/mol. The van der Waals surface area contributed by atoms with Gasteiger partial charge in [-0.3, -0.25) is 4.79 Å². The molecular weight excluding hydrogens is 261 g/mol. The minimum atomic E-state index is -4.72. The van der Waals surface area contributed by atoms with Crippen LogP contribution in [0.4, 0.5) is 13.2 Å². The van der Waals surface area contributed by atoms with Gasteiger partial charge in [0.15, 0.2) is 6.10 Å². The van der Waals surface area contributed by atoms with E-state index in [0.717, 1.165) is 12.8 Å². The maximum absolute atomic E-state index is 11.9. The first-order chi connectivity index (χ1) is 7.26. The van der Waals surface area contributed by atoms with Crippen molar-refractivity contribution in [2.24, 2.45) is 5.73 Å². The zero-order valence-corrected chi connectivity index (χ0v) is 9.90. The second kappa shape index (κ2) is 5.88. The highest BCUT2D eigenvalue weighted by Crippen LogP contribution is 2.27. The molecule has 0 bridgehead atoms. The zero-order chi connectivity index (χ0) is 12.4. The summed E-state index contributed by atoms with van der Waals surface area (Å²) in [5.41, 5.74) is 4.66. The summed E-state index contributed by atoms with van der Waals surface area (Å²) in [7, 11) is 0. The largest absolute Gasteiger partial charge is 0.416 e. The van der Waals surface area contributed by atoms with Gasteiger partial charge in [-0.15, -0.1) is 12.4 Å². The molecule has 1 rings (SSSR count). The molecule has 0 aromatic heterocycles. The van der Waals surface area contributed by atoms with E-state index in [4.69, 9.17) is 10.8 Å². The van der Waals surface area contributed by atoms with Crippen molar-refractivity contribution in [3.05, 3.63) is 0 Å². The van der Waals surface area contributed by atoms with Gasteiger partial charge in [-0.2, -0.15) is 13.2 Å². The Balaban J connectivity index is 0.00000256. The lowest BCUT2D eigenvalue weighted by Gasteiger charge is -2.23. The molecule has 1 atom stereocenters. The number of amides is 1. The van der Waals surface area contributed by atoms with Crippen LogP contribution in [-0.2, 0) is 4.79 Å². The SMILES string of the molecule is Cl.NC1(C(=O)NCC(O)C(F)(F)F)CCCC1. The van der Waals surface area contributed by atoms with E-state index in [1.165, 1.54) is 0 Å². The summed E-state index contributed by atoms with van der Waals surface area (Å²) in [6.07, 6.45) is -4.72. The van der Waals surface area contributed by atoms with Crippen LogP contribution in [0.5, 0.6) is 0 Å². The Labute approximate surface area is 103 Å². The molecule has 0 aliphatic heterocycles. The Morgan fingerprint density at radius 3 is 2.29 bits per heavy atom. The summed E-state index contributed by atoms with van der Waals surface area (Å²) in [4.78, 5) is 11.5. The molecule has 1 fully saturated rings. The molecule has 102 valence electrons. The number of alkyl halides is 3. The van der Waals surface area contributed by atoms with Crippen molar-refractivity contribution in [3.8, 4) is 0 Å². The third-order valence-corrected chi connectivity index (χ3v) is 2.78. The summed E-state index contributed by atoms with van der Waals surface area (Å²) in [5.74, 6) is -0.617. The van der Waals surface area contributed by atoms with E-state index in [9.17, 15) is 18.0 Å². The zero-order valence-electron chi connectivity index (χ0n) is 9.09. The number of hydrogen-bond acceptors (Lipinski definition) is 3. The number of carbonyl (C=O) groups is 1. The van der Waals surface area contributed by atoms with Crippen molar-refractivity contribution in [2.75, 3.05) is 6.54 Å². The first-order valence-electron chi connectivity index (χ1n) is 5.08. The summed E-state index contributed by atoms with van der Waals surface area (Å²) in [5, 5.41) is 10.7. The first-order valence-corrected chi connectivity index (χ1v) is 5.08. The van der Waals surface area contributed by atoms with Crippen LogP contribution in [0.2, 0.25) is 0 Å². The van der Waals surface area contributed by atoms with Crippen molar-refractivity contribution in [1.82, 2.24) is 5.32 Å². The van der Waals surface area contributed by atoms with Crippen molar-refractivity contribution in [2.45, 2.75) is 43.5 Å². The van der Waals surface area contributed by atoms with Crippen LogP contribution in [-0.4, -0.2) is 35.4 Å².